The first-order valence-electron chi connectivity index (χ1n) is 2.03. The van der Waals surface area contributed by atoms with Crippen LogP contribution in [0.2, 0.25) is 3.48 Å². The van der Waals surface area contributed by atoms with Gasteiger partial charge in [0.1, 0.15) is 0 Å². The van der Waals surface area contributed by atoms with Crippen molar-refractivity contribution in [1.29, 1.82) is 0 Å². The third-order valence-electron chi connectivity index (χ3n) is 0.644. The Morgan fingerprint density at radius 2 is 2.00 bits per heavy atom. The summed E-state index contributed by atoms with van der Waals surface area (Å²) < 4.78 is 1.05. The summed E-state index contributed by atoms with van der Waals surface area (Å²) in [5, 5.41) is 0. The second kappa shape index (κ2) is 3.13. The number of rotatable bonds is 1. The Morgan fingerprint density at radius 3 is 2.00 bits per heavy atom. The van der Waals surface area contributed by atoms with Crippen molar-refractivity contribution >= 4 is 25.8 Å². The fourth-order valence-corrected chi connectivity index (χ4v) is 0. The van der Waals surface area contributed by atoms with Gasteiger partial charge in [-0.3, -0.25) is 0 Å². The molecule has 0 aromatic heterocycles. The quantitative estimate of drug-likeness (QED) is 0.626. The molecule has 0 radical (unpaired) electrons. The van der Waals surface area contributed by atoms with Gasteiger partial charge in [0.15, 0.2) is 0 Å². The van der Waals surface area contributed by atoms with Crippen molar-refractivity contribution in [1.82, 2.24) is 0 Å². The van der Waals surface area contributed by atoms with E-state index < -0.39 is 0 Å². The SMILES string of the molecule is CC[CH](C)[Tl]. The Labute approximate surface area is 49.6 Å². The molecule has 0 aromatic rings. The molecule has 0 saturated carbocycles. The number of hydrogen-bond acceptors (Lipinski definition) is 0. The summed E-state index contributed by atoms with van der Waals surface area (Å²) in [6, 6.07) is 0. The first-order chi connectivity index (χ1) is 2.27. The van der Waals surface area contributed by atoms with E-state index in [0.717, 1.165) is 3.48 Å². The van der Waals surface area contributed by atoms with Crippen molar-refractivity contribution < 1.29 is 0 Å². The molecule has 1 atom stereocenters. The van der Waals surface area contributed by atoms with Crippen molar-refractivity contribution in [2.45, 2.75) is 23.7 Å². The van der Waals surface area contributed by atoms with Gasteiger partial charge in [-0.25, -0.2) is 0 Å². The predicted molar refractivity (Wildman–Crippen MR) is 25.5 cm³/mol. The zero-order valence-corrected chi connectivity index (χ0v) is 8.35. The van der Waals surface area contributed by atoms with Crippen molar-refractivity contribution in [3.63, 3.8) is 0 Å². The Morgan fingerprint density at radius 1 is 1.80 bits per heavy atom. The average molecular weight is 261 g/mol. The molecule has 0 rings (SSSR count). The van der Waals surface area contributed by atoms with Gasteiger partial charge in [0.05, 0.1) is 0 Å². The first-order valence-corrected chi connectivity index (χ1v) is 4.62. The normalized spacial score (nSPS) is 14.6. The van der Waals surface area contributed by atoms with E-state index in [1.54, 1.807) is 0 Å². The van der Waals surface area contributed by atoms with Crippen LogP contribution in [0.25, 0.3) is 0 Å². The van der Waals surface area contributed by atoms with E-state index in [1.165, 1.54) is 32.2 Å². The summed E-state index contributed by atoms with van der Waals surface area (Å²) in [4.78, 5) is 0. The maximum absolute atomic E-state index is 2.30. The minimum absolute atomic E-state index is 1.05. The molecular weight excluding hydrogens is 252 g/mol. The van der Waals surface area contributed by atoms with Gasteiger partial charge in [0.2, 0.25) is 0 Å². The molecule has 5 heavy (non-hydrogen) atoms. The van der Waals surface area contributed by atoms with Gasteiger partial charge in [-0.05, 0) is 0 Å². The fourth-order valence-electron chi connectivity index (χ4n) is 0. The summed E-state index contributed by atoms with van der Waals surface area (Å²) in [6.07, 6.45) is 1.38. The second-order valence-corrected chi connectivity index (χ2v) is 5.81. The van der Waals surface area contributed by atoms with Crippen molar-refractivity contribution in [3.05, 3.63) is 0 Å². The molecule has 1 heteroatoms. The standard InChI is InChI=1S/C4H9.Tl/c1-3-4-2;/h3H,4H2,1-2H3;. The van der Waals surface area contributed by atoms with Crippen LogP contribution in [0.3, 0.4) is 0 Å². The van der Waals surface area contributed by atoms with Crippen LogP contribution in [-0.2, 0) is 0 Å². The molecule has 0 fully saturated rings. The molecule has 0 saturated heterocycles. The molecule has 0 amide bonds. The van der Waals surface area contributed by atoms with E-state index in [0.29, 0.717) is 0 Å². The van der Waals surface area contributed by atoms with Gasteiger partial charge in [0, 0.05) is 0 Å². The van der Waals surface area contributed by atoms with Crippen LogP contribution in [0.15, 0.2) is 0 Å². The molecule has 0 nitrogen and oxygen atoms in total. The first kappa shape index (κ1) is 5.92. The van der Waals surface area contributed by atoms with Crippen LogP contribution in [-0.4, -0.2) is 25.8 Å². The van der Waals surface area contributed by atoms with Gasteiger partial charge < -0.3 is 0 Å². The predicted octanol–water partition coefficient (Wildman–Crippen LogP) is 1.37. The summed E-state index contributed by atoms with van der Waals surface area (Å²) in [6.45, 7) is 4.54. The summed E-state index contributed by atoms with van der Waals surface area (Å²) in [7, 11) is 0. The molecule has 0 spiro atoms. The Bertz CT molecular complexity index is 17.6. The third kappa shape index (κ3) is 4.92. The van der Waals surface area contributed by atoms with Crippen LogP contribution in [0, 0.1) is 0 Å². The monoisotopic (exact) mass is 262 g/mol. The maximum atomic E-state index is 2.30. The van der Waals surface area contributed by atoms with Gasteiger partial charge in [-0.1, -0.05) is 0 Å². The van der Waals surface area contributed by atoms with Crippen molar-refractivity contribution in [2.75, 3.05) is 0 Å². The summed E-state index contributed by atoms with van der Waals surface area (Å²) in [5.74, 6) is 0. The molecule has 0 aliphatic heterocycles. The van der Waals surface area contributed by atoms with E-state index in [-0.39, 0.29) is 0 Å². The second-order valence-electron chi connectivity index (χ2n) is 1.39. The fraction of sp³-hybridized carbons (Fsp3) is 1.00. The van der Waals surface area contributed by atoms with Crippen LogP contribution in [0.4, 0.5) is 0 Å². The summed E-state index contributed by atoms with van der Waals surface area (Å²) >= 11 is 1.20. The van der Waals surface area contributed by atoms with E-state index >= 15 is 0 Å². The third-order valence-corrected chi connectivity index (χ3v) is 2.48. The van der Waals surface area contributed by atoms with Crippen LogP contribution >= 0.6 is 0 Å². The van der Waals surface area contributed by atoms with Crippen LogP contribution in [0.5, 0.6) is 0 Å². The van der Waals surface area contributed by atoms with Crippen molar-refractivity contribution in [2.24, 2.45) is 0 Å². The topological polar surface area (TPSA) is 0 Å². The average Bonchev–Trinajstić information content (AvgIpc) is 1.38. The van der Waals surface area contributed by atoms with Crippen LogP contribution in [0.1, 0.15) is 20.3 Å². The molecular formula is C4H9Tl. The van der Waals surface area contributed by atoms with Crippen LogP contribution < -0.4 is 0 Å². The Kier molecular flexibility index (Phi) is 3.70. The Hall–Kier alpha value is 0.922. The molecule has 0 bridgehead atoms. The molecule has 0 aliphatic rings. The number of hydrogen-bond donors (Lipinski definition) is 0. The van der Waals surface area contributed by atoms with E-state index in [2.05, 4.69) is 13.8 Å². The molecule has 0 aromatic carbocycles. The molecule has 1 unspecified atom stereocenters. The van der Waals surface area contributed by atoms with E-state index in [9.17, 15) is 0 Å². The summed E-state index contributed by atoms with van der Waals surface area (Å²) in [5.41, 5.74) is 0. The molecule has 0 aliphatic carbocycles. The zero-order chi connectivity index (χ0) is 4.28. The van der Waals surface area contributed by atoms with E-state index in [4.69, 9.17) is 0 Å². The van der Waals surface area contributed by atoms with Gasteiger partial charge in [0.25, 0.3) is 0 Å². The van der Waals surface area contributed by atoms with E-state index in [1.807, 2.05) is 0 Å². The van der Waals surface area contributed by atoms with Gasteiger partial charge >= 0.3 is 49.5 Å². The van der Waals surface area contributed by atoms with Crippen molar-refractivity contribution in [3.8, 4) is 0 Å². The minimum atomic E-state index is 1.05. The molecule has 28 valence electrons. The molecule has 0 N–H and O–H groups in total. The Balaban J connectivity index is 2.54. The van der Waals surface area contributed by atoms with Gasteiger partial charge in [-0.15, -0.1) is 0 Å². The van der Waals surface area contributed by atoms with Gasteiger partial charge in [-0.2, -0.15) is 0 Å². The zero-order valence-electron chi connectivity index (χ0n) is 3.86. The molecule has 0 heterocycles.